The number of aryl methyl sites for hydroxylation is 1. The molecule has 8 heteroatoms. The zero-order valence-electron chi connectivity index (χ0n) is 14.7. The Morgan fingerprint density at radius 1 is 1.31 bits per heavy atom. The second kappa shape index (κ2) is 7.47. The summed E-state index contributed by atoms with van der Waals surface area (Å²) >= 11 is 0. The van der Waals surface area contributed by atoms with Crippen molar-refractivity contribution in [1.29, 1.82) is 0 Å². The van der Waals surface area contributed by atoms with Gasteiger partial charge in [-0.3, -0.25) is 4.79 Å². The third-order valence-electron chi connectivity index (χ3n) is 3.89. The van der Waals surface area contributed by atoms with Crippen LogP contribution in [0.2, 0.25) is 0 Å². The summed E-state index contributed by atoms with van der Waals surface area (Å²) in [7, 11) is 0. The van der Waals surface area contributed by atoms with E-state index >= 15 is 0 Å². The van der Waals surface area contributed by atoms with Gasteiger partial charge in [0, 0.05) is 11.6 Å². The molecule has 0 bridgehead atoms. The number of carbonyl (C=O) groups is 1. The molecule has 0 saturated heterocycles. The normalized spacial score (nSPS) is 12.2. The van der Waals surface area contributed by atoms with Gasteiger partial charge in [0.1, 0.15) is 22.7 Å². The van der Waals surface area contributed by atoms with Crippen molar-refractivity contribution in [3.8, 4) is 17.1 Å². The molecule has 136 valence electrons. The monoisotopic (exact) mass is 358 g/mol. The van der Waals surface area contributed by atoms with Crippen LogP contribution in [0, 0.1) is 12.7 Å². The summed E-state index contributed by atoms with van der Waals surface area (Å²) in [6.07, 6.45) is 0.822. The fraction of sp³-hybridized carbons (Fsp3) is 0.333. The number of amides is 1. The van der Waals surface area contributed by atoms with E-state index in [9.17, 15) is 9.18 Å². The average molecular weight is 358 g/mol. The van der Waals surface area contributed by atoms with Crippen LogP contribution < -0.4 is 10.1 Å². The van der Waals surface area contributed by atoms with Crippen molar-refractivity contribution >= 4 is 17.0 Å². The second-order valence-corrected chi connectivity index (χ2v) is 5.96. The van der Waals surface area contributed by atoms with Gasteiger partial charge in [-0.25, -0.2) is 4.39 Å². The van der Waals surface area contributed by atoms with Gasteiger partial charge in [-0.2, -0.15) is 9.97 Å². The Bertz CT molecular complexity index is 924. The maximum Gasteiger partial charge on any atom is 0.265 e. The minimum Gasteiger partial charge on any atom is -0.467 e. The van der Waals surface area contributed by atoms with E-state index in [1.807, 2.05) is 13.8 Å². The molecule has 1 N–H and O–H groups in total. The van der Waals surface area contributed by atoms with Crippen LogP contribution in [0.3, 0.4) is 0 Å². The molecule has 3 rings (SSSR count). The lowest BCUT2D eigenvalue weighted by Gasteiger charge is -2.12. The van der Waals surface area contributed by atoms with E-state index in [0.717, 1.165) is 6.42 Å². The molecule has 0 aliphatic heterocycles. The first-order valence-electron chi connectivity index (χ1n) is 8.30. The summed E-state index contributed by atoms with van der Waals surface area (Å²) in [5.41, 5.74) is 1.30. The summed E-state index contributed by atoms with van der Waals surface area (Å²) in [5.74, 6) is 0.0272. The van der Waals surface area contributed by atoms with Crippen molar-refractivity contribution in [3.63, 3.8) is 0 Å². The van der Waals surface area contributed by atoms with E-state index in [1.165, 1.54) is 12.1 Å². The Balaban J connectivity index is 1.92. The molecule has 1 atom stereocenters. The lowest BCUT2D eigenvalue weighted by atomic mass is 10.1. The standard InChI is InChI=1S/C18H19FN4O3/c1-4-10(2)20-14(24)9-25-17-15-16(12-5-7-13(19)8-6-12)23-26-18(15)22-11(3)21-17/h5-8,10H,4,9H2,1-3H3,(H,20,24)/t10-/m1/s1. The molecule has 2 aromatic heterocycles. The maximum atomic E-state index is 13.2. The minimum atomic E-state index is -0.355. The van der Waals surface area contributed by atoms with Crippen molar-refractivity contribution in [2.75, 3.05) is 6.61 Å². The molecule has 7 nitrogen and oxygen atoms in total. The van der Waals surface area contributed by atoms with Crippen LogP contribution in [0.25, 0.3) is 22.4 Å². The molecule has 1 aromatic carbocycles. The lowest BCUT2D eigenvalue weighted by molar-refractivity contribution is -0.123. The summed E-state index contributed by atoms with van der Waals surface area (Å²) in [6, 6.07) is 5.86. The first-order chi connectivity index (χ1) is 12.5. The fourth-order valence-electron chi connectivity index (χ4n) is 2.39. The van der Waals surface area contributed by atoms with Crippen molar-refractivity contribution in [2.24, 2.45) is 0 Å². The van der Waals surface area contributed by atoms with E-state index in [-0.39, 0.29) is 36.0 Å². The van der Waals surface area contributed by atoms with Crippen LogP contribution in [-0.4, -0.2) is 33.7 Å². The quantitative estimate of drug-likeness (QED) is 0.728. The molecular formula is C18H19FN4O3. The molecule has 0 unspecified atom stereocenters. The molecule has 26 heavy (non-hydrogen) atoms. The molecule has 0 fully saturated rings. The molecule has 0 aliphatic carbocycles. The Labute approximate surface area is 149 Å². The Morgan fingerprint density at radius 2 is 2.04 bits per heavy atom. The predicted octanol–water partition coefficient (Wildman–Crippen LogP) is 3.03. The van der Waals surface area contributed by atoms with Gasteiger partial charge in [-0.05, 0) is 44.5 Å². The largest absolute Gasteiger partial charge is 0.467 e. The number of benzene rings is 1. The number of carbonyl (C=O) groups excluding carboxylic acids is 1. The highest BCUT2D eigenvalue weighted by Gasteiger charge is 2.20. The third-order valence-corrected chi connectivity index (χ3v) is 3.89. The fourth-order valence-corrected chi connectivity index (χ4v) is 2.39. The van der Waals surface area contributed by atoms with Crippen LogP contribution in [0.4, 0.5) is 4.39 Å². The number of halogens is 1. The minimum absolute atomic E-state index is 0.0589. The van der Waals surface area contributed by atoms with E-state index in [2.05, 4.69) is 20.4 Å². The molecular weight excluding hydrogens is 339 g/mol. The Morgan fingerprint density at radius 3 is 2.73 bits per heavy atom. The highest BCUT2D eigenvalue weighted by atomic mass is 19.1. The van der Waals surface area contributed by atoms with Gasteiger partial charge in [-0.15, -0.1) is 0 Å². The smallest absolute Gasteiger partial charge is 0.265 e. The van der Waals surface area contributed by atoms with Crippen molar-refractivity contribution in [2.45, 2.75) is 33.2 Å². The van der Waals surface area contributed by atoms with Crippen molar-refractivity contribution in [1.82, 2.24) is 20.4 Å². The highest BCUT2D eigenvalue weighted by molar-refractivity contribution is 5.93. The zero-order valence-corrected chi connectivity index (χ0v) is 14.7. The summed E-state index contributed by atoms with van der Waals surface area (Å²) in [5, 5.41) is 7.27. The molecule has 0 spiro atoms. The number of hydrogen-bond acceptors (Lipinski definition) is 6. The zero-order chi connectivity index (χ0) is 18.7. The SMILES string of the molecule is CC[C@@H](C)NC(=O)COc1nc(C)nc2onc(-c3ccc(F)cc3)c12. The summed E-state index contributed by atoms with van der Waals surface area (Å²) in [6.45, 7) is 5.39. The molecule has 3 aromatic rings. The Hall–Kier alpha value is -3.03. The molecule has 0 saturated carbocycles. The van der Waals surface area contributed by atoms with Gasteiger partial charge in [-0.1, -0.05) is 12.1 Å². The predicted molar refractivity (Wildman–Crippen MR) is 93.1 cm³/mol. The molecule has 1 amide bonds. The molecule has 0 radical (unpaired) electrons. The number of fused-ring (bicyclic) bond motifs is 1. The van der Waals surface area contributed by atoms with Crippen LogP contribution in [0.15, 0.2) is 28.8 Å². The first-order valence-corrected chi connectivity index (χ1v) is 8.30. The number of nitrogens with one attached hydrogen (secondary N) is 1. The maximum absolute atomic E-state index is 13.2. The van der Waals surface area contributed by atoms with E-state index in [4.69, 9.17) is 9.26 Å². The number of hydrogen-bond donors (Lipinski definition) is 1. The van der Waals surface area contributed by atoms with Gasteiger partial charge >= 0.3 is 0 Å². The van der Waals surface area contributed by atoms with E-state index < -0.39 is 0 Å². The second-order valence-electron chi connectivity index (χ2n) is 5.96. The molecule has 2 heterocycles. The average Bonchev–Trinajstić information content (AvgIpc) is 3.04. The van der Waals surface area contributed by atoms with Gasteiger partial charge in [0.15, 0.2) is 6.61 Å². The number of rotatable bonds is 6. The van der Waals surface area contributed by atoms with Gasteiger partial charge < -0.3 is 14.6 Å². The van der Waals surface area contributed by atoms with Gasteiger partial charge in [0.05, 0.1) is 0 Å². The van der Waals surface area contributed by atoms with Crippen LogP contribution in [0.5, 0.6) is 5.88 Å². The summed E-state index contributed by atoms with van der Waals surface area (Å²) < 4.78 is 24.1. The van der Waals surface area contributed by atoms with Gasteiger partial charge in [0.25, 0.3) is 11.6 Å². The number of nitrogens with zero attached hydrogens (tertiary/aromatic N) is 3. The van der Waals surface area contributed by atoms with E-state index in [1.54, 1.807) is 19.1 Å². The lowest BCUT2D eigenvalue weighted by Crippen LogP contribution is -2.35. The highest BCUT2D eigenvalue weighted by Crippen LogP contribution is 2.33. The number of ether oxygens (including phenoxy) is 1. The molecule has 0 aliphatic rings. The van der Waals surface area contributed by atoms with Crippen LogP contribution >= 0.6 is 0 Å². The topological polar surface area (TPSA) is 90.1 Å². The van der Waals surface area contributed by atoms with Crippen LogP contribution in [-0.2, 0) is 4.79 Å². The first kappa shape index (κ1) is 17.8. The van der Waals surface area contributed by atoms with Gasteiger partial charge in [0.2, 0.25) is 5.88 Å². The third kappa shape index (κ3) is 3.79. The van der Waals surface area contributed by atoms with Crippen molar-refractivity contribution < 1.29 is 18.4 Å². The van der Waals surface area contributed by atoms with Crippen molar-refractivity contribution in [3.05, 3.63) is 35.9 Å². The summed E-state index contributed by atoms with van der Waals surface area (Å²) in [4.78, 5) is 20.4. The van der Waals surface area contributed by atoms with E-state index in [0.29, 0.717) is 22.5 Å². The van der Waals surface area contributed by atoms with Crippen LogP contribution in [0.1, 0.15) is 26.1 Å². The Kier molecular flexibility index (Phi) is 5.11. The number of aromatic nitrogens is 3.